The topological polar surface area (TPSA) is 69.7 Å². The third-order valence-corrected chi connectivity index (χ3v) is 4.43. The molecule has 27 heavy (non-hydrogen) atoms. The average molecular weight is 384 g/mol. The van der Waals surface area contributed by atoms with E-state index in [0.29, 0.717) is 10.6 Å². The van der Waals surface area contributed by atoms with Crippen molar-refractivity contribution < 1.29 is 9.76 Å². The number of nitro benzene ring substituents is 1. The largest absolute Gasteiger partial charge is 0.391 e. The van der Waals surface area contributed by atoms with Crippen molar-refractivity contribution in [1.82, 2.24) is 4.57 Å². The van der Waals surface area contributed by atoms with Gasteiger partial charge in [0, 0.05) is 39.8 Å². The van der Waals surface area contributed by atoms with Crippen molar-refractivity contribution in [2.45, 2.75) is 20.5 Å². The molecule has 138 valence electrons. The summed E-state index contributed by atoms with van der Waals surface area (Å²) in [6, 6.07) is 15.9. The highest BCUT2D eigenvalue weighted by molar-refractivity contribution is 6.30. The van der Waals surface area contributed by atoms with Gasteiger partial charge in [0.15, 0.2) is 0 Å². The Kier molecular flexibility index (Phi) is 5.57. The van der Waals surface area contributed by atoms with E-state index < -0.39 is 4.92 Å². The van der Waals surface area contributed by atoms with E-state index in [1.54, 1.807) is 18.3 Å². The van der Waals surface area contributed by atoms with Gasteiger partial charge in [-0.2, -0.15) is 0 Å². The normalized spacial score (nSPS) is 11.1. The molecule has 0 bridgehead atoms. The van der Waals surface area contributed by atoms with Crippen LogP contribution in [0, 0.1) is 24.0 Å². The van der Waals surface area contributed by atoms with Crippen LogP contribution >= 0.6 is 11.6 Å². The molecule has 0 N–H and O–H groups in total. The van der Waals surface area contributed by atoms with E-state index in [0.717, 1.165) is 22.6 Å². The van der Waals surface area contributed by atoms with Gasteiger partial charge in [-0.3, -0.25) is 10.1 Å². The zero-order valence-electron chi connectivity index (χ0n) is 14.9. The maximum absolute atomic E-state index is 10.8. The Labute approximate surface area is 161 Å². The average Bonchev–Trinajstić information content (AvgIpc) is 2.93. The molecule has 7 heteroatoms. The minimum atomic E-state index is -0.432. The van der Waals surface area contributed by atoms with Crippen LogP contribution in [0.5, 0.6) is 0 Å². The number of rotatable bonds is 6. The minimum Gasteiger partial charge on any atom is -0.391 e. The molecule has 0 fully saturated rings. The van der Waals surface area contributed by atoms with Crippen molar-refractivity contribution in [3.05, 3.63) is 92.2 Å². The van der Waals surface area contributed by atoms with Crippen LogP contribution in [0.15, 0.2) is 59.8 Å². The number of nitro groups is 1. The van der Waals surface area contributed by atoms with Gasteiger partial charge in [0.2, 0.25) is 0 Å². The second-order valence-electron chi connectivity index (χ2n) is 6.07. The Hall–Kier alpha value is -3.12. The van der Waals surface area contributed by atoms with Crippen LogP contribution in [0.3, 0.4) is 0 Å². The van der Waals surface area contributed by atoms with E-state index in [4.69, 9.17) is 16.4 Å². The summed E-state index contributed by atoms with van der Waals surface area (Å²) in [5, 5.41) is 15.5. The molecule has 0 atom stereocenters. The number of non-ortho nitro benzene ring substituents is 1. The maximum Gasteiger partial charge on any atom is 0.269 e. The van der Waals surface area contributed by atoms with Crippen LogP contribution in [0.25, 0.3) is 5.69 Å². The monoisotopic (exact) mass is 383 g/mol. The molecule has 0 amide bonds. The molecule has 0 aliphatic rings. The van der Waals surface area contributed by atoms with E-state index in [1.165, 1.54) is 12.1 Å². The molecule has 0 unspecified atom stereocenters. The zero-order valence-corrected chi connectivity index (χ0v) is 15.7. The highest BCUT2D eigenvalue weighted by Crippen LogP contribution is 2.21. The van der Waals surface area contributed by atoms with Gasteiger partial charge in [0.05, 0.1) is 11.1 Å². The maximum atomic E-state index is 10.8. The van der Waals surface area contributed by atoms with Crippen LogP contribution in [0.2, 0.25) is 5.02 Å². The van der Waals surface area contributed by atoms with Crippen LogP contribution in [0.1, 0.15) is 22.5 Å². The summed E-state index contributed by atoms with van der Waals surface area (Å²) in [6.07, 6.45) is 1.64. The smallest absolute Gasteiger partial charge is 0.269 e. The van der Waals surface area contributed by atoms with E-state index in [1.807, 2.05) is 44.2 Å². The van der Waals surface area contributed by atoms with Gasteiger partial charge in [-0.25, -0.2) is 0 Å². The second kappa shape index (κ2) is 8.05. The number of nitrogens with zero attached hydrogens (tertiary/aromatic N) is 3. The summed E-state index contributed by atoms with van der Waals surface area (Å²) in [5.74, 6) is 0. The number of aryl methyl sites for hydroxylation is 1. The molecule has 1 heterocycles. The SMILES string of the molecule is Cc1cc(/C=N/OCc2cccc([N+](=O)[O-])c2)c(C)n1-c1ccc(Cl)cc1. The molecule has 3 aromatic rings. The number of hydrogen-bond acceptors (Lipinski definition) is 4. The fourth-order valence-electron chi connectivity index (χ4n) is 2.87. The Balaban J connectivity index is 1.71. The lowest BCUT2D eigenvalue weighted by molar-refractivity contribution is -0.384. The van der Waals surface area contributed by atoms with E-state index >= 15 is 0 Å². The highest BCUT2D eigenvalue weighted by atomic mass is 35.5. The zero-order chi connectivity index (χ0) is 19.4. The lowest BCUT2D eigenvalue weighted by Crippen LogP contribution is -1.99. The molecule has 0 radical (unpaired) electrons. The Morgan fingerprint density at radius 2 is 1.93 bits per heavy atom. The van der Waals surface area contributed by atoms with Gasteiger partial charge < -0.3 is 9.40 Å². The summed E-state index contributed by atoms with van der Waals surface area (Å²) in [7, 11) is 0. The molecule has 2 aromatic carbocycles. The van der Waals surface area contributed by atoms with Crippen LogP contribution in [-0.2, 0) is 11.4 Å². The van der Waals surface area contributed by atoms with Gasteiger partial charge in [-0.15, -0.1) is 0 Å². The lowest BCUT2D eigenvalue weighted by atomic mass is 10.2. The fourth-order valence-corrected chi connectivity index (χ4v) is 3.00. The van der Waals surface area contributed by atoms with Crippen molar-refractivity contribution in [1.29, 1.82) is 0 Å². The summed E-state index contributed by atoms with van der Waals surface area (Å²) < 4.78 is 2.11. The Morgan fingerprint density at radius 3 is 2.63 bits per heavy atom. The third kappa shape index (κ3) is 4.35. The summed E-state index contributed by atoms with van der Waals surface area (Å²) in [5.41, 5.74) is 4.76. The summed E-state index contributed by atoms with van der Waals surface area (Å²) in [6.45, 7) is 4.18. The molecule has 0 saturated carbocycles. The van der Waals surface area contributed by atoms with Crippen molar-refractivity contribution in [3.8, 4) is 5.69 Å². The molecule has 3 rings (SSSR count). The number of benzene rings is 2. The molecular weight excluding hydrogens is 366 g/mol. The Bertz CT molecular complexity index is 994. The van der Waals surface area contributed by atoms with Crippen molar-refractivity contribution in [2.24, 2.45) is 5.16 Å². The van der Waals surface area contributed by atoms with Gasteiger partial charge in [0.25, 0.3) is 5.69 Å². The minimum absolute atomic E-state index is 0.0339. The van der Waals surface area contributed by atoms with Gasteiger partial charge in [-0.1, -0.05) is 28.9 Å². The third-order valence-electron chi connectivity index (χ3n) is 4.17. The standard InChI is InChI=1S/C20H18ClN3O3/c1-14-10-17(15(2)23(14)19-8-6-18(21)7-9-19)12-22-27-13-16-4-3-5-20(11-16)24(25)26/h3-12H,13H2,1-2H3/b22-12+. The lowest BCUT2D eigenvalue weighted by Gasteiger charge is -2.09. The fraction of sp³-hybridized carbons (Fsp3) is 0.150. The van der Waals surface area contributed by atoms with Crippen LogP contribution in [-0.4, -0.2) is 15.7 Å². The Morgan fingerprint density at radius 1 is 1.19 bits per heavy atom. The van der Waals surface area contributed by atoms with Crippen molar-refractivity contribution in [2.75, 3.05) is 0 Å². The van der Waals surface area contributed by atoms with Crippen molar-refractivity contribution in [3.63, 3.8) is 0 Å². The summed E-state index contributed by atoms with van der Waals surface area (Å²) >= 11 is 5.96. The molecule has 6 nitrogen and oxygen atoms in total. The second-order valence-corrected chi connectivity index (χ2v) is 6.51. The predicted octanol–water partition coefficient (Wildman–Crippen LogP) is 5.21. The first-order chi connectivity index (χ1) is 13.0. The number of halogens is 1. The van der Waals surface area contributed by atoms with Gasteiger partial charge in [0.1, 0.15) is 6.61 Å². The van der Waals surface area contributed by atoms with E-state index in [-0.39, 0.29) is 12.3 Å². The van der Waals surface area contributed by atoms with Gasteiger partial charge >= 0.3 is 0 Å². The molecule has 0 aliphatic carbocycles. The first kappa shape index (κ1) is 18.7. The molecule has 0 saturated heterocycles. The number of hydrogen-bond donors (Lipinski definition) is 0. The number of aromatic nitrogens is 1. The van der Waals surface area contributed by atoms with E-state index in [9.17, 15) is 10.1 Å². The molecule has 0 aliphatic heterocycles. The van der Waals surface area contributed by atoms with E-state index in [2.05, 4.69) is 9.72 Å². The molecule has 1 aromatic heterocycles. The summed E-state index contributed by atoms with van der Waals surface area (Å²) in [4.78, 5) is 15.7. The van der Waals surface area contributed by atoms with Crippen molar-refractivity contribution >= 4 is 23.5 Å². The predicted molar refractivity (Wildman–Crippen MR) is 106 cm³/mol. The first-order valence-electron chi connectivity index (χ1n) is 8.29. The van der Waals surface area contributed by atoms with Gasteiger partial charge in [-0.05, 0) is 49.7 Å². The quantitative estimate of drug-likeness (QED) is 0.333. The van der Waals surface area contributed by atoms with Crippen LogP contribution < -0.4 is 0 Å². The first-order valence-corrected chi connectivity index (χ1v) is 8.67. The highest BCUT2D eigenvalue weighted by Gasteiger charge is 2.10. The molecular formula is C20H18ClN3O3. The number of oxime groups is 1. The van der Waals surface area contributed by atoms with Crippen LogP contribution in [0.4, 0.5) is 5.69 Å². The molecule has 0 spiro atoms.